The second-order valence-corrected chi connectivity index (χ2v) is 6.69. The molecule has 134 valence electrons. The van der Waals surface area contributed by atoms with Crippen molar-refractivity contribution in [2.75, 3.05) is 30.0 Å². The van der Waals surface area contributed by atoms with E-state index in [0.29, 0.717) is 11.9 Å². The molecule has 8 heteroatoms. The minimum Gasteiger partial charge on any atom is -0.368 e. The summed E-state index contributed by atoms with van der Waals surface area (Å²) in [6.07, 6.45) is 10.9. The summed E-state index contributed by atoms with van der Waals surface area (Å²) >= 11 is 1.63. The maximum absolute atomic E-state index is 4.41. The van der Waals surface area contributed by atoms with Gasteiger partial charge in [-0.3, -0.25) is 4.98 Å². The first-order valence-corrected chi connectivity index (χ1v) is 9.54. The van der Waals surface area contributed by atoms with Gasteiger partial charge in [0, 0.05) is 36.6 Å². The predicted molar refractivity (Wildman–Crippen MR) is 105 cm³/mol. The molecule has 0 bridgehead atoms. The van der Waals surface area contributed by atoms with Gasteiger partial charge in [-0.05, 0) is 24.3 Å². The summed E-state index contributed by atoms with van der Waals surface area (Å²) in [5, 5.41) is 6.55. The SMILES string of the molecule is CSc1cnc(NCC(C)CNc2cnc(-c3ccccn3)cn2)nc1. The molecular formula is C18H21N7S. The fourth-order valence-electron chi connectivity index (χ4n) is 2.20. The van der Waals surface area contributed by atoms with Crippen LogP contribution in [-0.4, -0.2) is 44.3 Å². The molecule has 0 saturated heterocycles. The van der Waals surface area contributed by atoms with Crippen molar-refractivity contribution in [1.29, 1.82) is 0 Å². The second-order valence-electron chi connectivity index (χ2n) is 5.82. The van der Waals surface area contributed by atoms with Crippen LogP contribution in [0.3, 0.4) is 0 Å². The highest BCUT2D eigenvalue weighted by Crippen LogP contribution is 2.14. The standard InChI is InChI=1S/C18H21N7S/c1-13(8-23-18-24-9-14(26-2)10-25-18)7-21-17-12-20-16(11-22-17)15-5-3-4-6-19-15/h3-6,9-13H,7-8H2,1-2H3,(H,21,22)(H,23,24,25). The smallest absolute Gasteiger partial charge is 0.222 e. The Hall–Kier alpha value is -2.74. The topological polar surface area (TPSA) is 88.5 Å². The van der Waals surface area contributed by atoms with Crippen LogP contribution in [0.15, 0.2) is 54.1 Å². The van der Waals surface area contributed by atoms with Crippen molar-refractivity contribution >= 4 is 23.5 Å². The van der Waals surface area contributed by atoms with Crippen LogP contribution in [0.2, 0.25) is 0 Å². The van der Waals surface area contributed by atoms with Crippen LogP contribution >= 0.6 is 11.8 Å². The van der Waals surface area contributed by atoms with E-state index in [1.165, 1.54) is 0 Å². The molecule has 0 saturated carbocycles. The van der Waals surface area contributed by atoms with Crippen molar-refractivity contribution in [1.82, 2.24) is 24.9 Å². The fourth-order valence-corrected chi connectivity index (χ4v) is 2.51. The van der Waals surface area contributed by atoms with E-state index in [1.54, 1.807) is 30.4 Å². The average Bonchev–Trinajstić information content (AvgIpc) is 2.72. The highest BCUT2D eigenvalue weighted by molar-refractivity contribution is 7.98. The zero-order valence-electron chi connectivity index (χ0n) is 14.8. The molecule has 0 radical (unpaired) electrons. The van der Waals surface area contributed by atoms with Gasteiger partial charge in [-0.25, -0.2) is 19.9 Å². The minimum absolute atomic E-state index is 0.371. The largest absolute Gasteiger partial charge is 0.368 e. The molecule has 7 nitrogen and oxygen atoms in total. The third kappa shape index (κ3) is 5.13. The number of aromatic nitrogens is 5. The van der Waals surface area contributed by atoms with Crippen molar-refractivity contribution in [3.8, 4) is 11.4 Å². The van der Waals surface area contributed by atoms with Crippen LogP contribution in [0.1, 0.15) is 6.92 Å². The Kier molecular flexibility index (Phi) is 6.32. The van der Waals surface area contributed by atoms with E-state index >= 15 is 0 Å². The normalized spacial score (nSPS) is 11.8. The molecule has 3 rings (SSSR count). The van der Waals surface area contributed by atoms with Gasteiger partial charge < -0.3 is 10.6 Å². The molecule has 0 spiro atoms. The number of thioether (sulfide) groups is 1. The Bertz CT molecular complexity index is 794. The number of nitrogens with zero attached hydrogens (tertiary/aromatic N) is 5. The number of pyridine rings is 1. The first-order valence-electron chi connectivity index (χ1n) is 8.32. The molecule has 0 aliphatic carbocycles. The Balaban J connectivity index is 1.45. The van der Waals surface area contributed by atoms with Gasteiger partial charge in [0.05, 0.1) is 18.1 Å². The van der Waals surface area contributed by atoms with Crippen LogP contribution < -0.4 is 10.6 Å². The van der Waals surface area contributed by atoms with Gasteiger partial charge in [-0.2, -0.15) is 0 Å². The quantitative estimate of drug-likeness (QED) is 0.587. The van der Waals surface area contributed by atoms with Gasteiger partial charge in [-0.1, -0.05) is 13.0 Å². The maximum atomic E-state index is 4.41. The van der Waals surface area contributed by atoms with Gasteiger partial charge in [0.1, 0.15) is 11.5 Å². The molecule has 0 aliphatic rings. The van der Waals surface area contributed by atoms with Crippen molar-refractivity contribution in [2.24, 2.45) is 5.92 Å². The van der Waals surface area contributed by atoms with Gasteiger partial charge in [0.15, 0.2) is 0 Å². The lowest BCUT2D eigenvalue weighted by Crippen LogP contribution is -2.21. The summed E-state index contributed by atoms with van der Waals surface area (Å²) in [6, 6.07) is 5.73. The number of hydrogen-bond acceptors (Lipinski definition) is 8. The predicted octanol–water partition coefficient (Wildman–Crippen LogP) is 3.21. The molecule has 1 atom stereocenters. The van der Waals surface area contributed by atoms with Crippen LogP contribution in [0.4, 0.5) is 11.8 Å². The lowest BCUT2D eigenvalue weighted by atomic mass is 10.2. The van der Waals surface area contributed by atoms with E-state index in [9.17, 15) is 0 Å². The maximum Gasteiger partial charge on any atom is 0.222 e. The second kappa shape index (κ2) is 9.10. The molecule has 0 fully saturated rings. The molecule has 1 unspecified atom stereocenters. The molecular weight excluding hydrogens is 346 g/mol. The molecule has 3 aromatic rings. The van der Waals surface area contributed by atoms with Gasteiger partial charge in [0.25, 0.3) is 0 Å². The van der Waals surface area contributed by atoms with Gasteiger partial charge >= 0.3 is 0 Å². The molecule has 0 amide bonds. The molecule has 0 aromatic carbocycles. The third-order valence-corrected chi connectivity index (χ3v) is 4.37. The van der Waals surface area contributed by atoms with E-state index in [4.69, 9.17) is 0 Å². The summed E-state index contributed by atoms with van der Waals surface area (Å²) in [5.74, 6) is 1.77. The number of anilines is 2. The van der Waals surface area contributed by atoms with Crippen LogP contribution in [0.5, 0.6) is 0 Å². The van der Waals surface area contributed by atoms with E-state index in [2.05, 4.69) is 42.5 Å². The molecule has 26 heavy (non-hydrogen) atoms. The van der Waals surface area contributed by atoms with Gasteiger partial charge in [0.2, 0.25) is 5.95 Å². The van der Waals surface area contributed by atoms with E-state index < -0.39 is 0 Å². The minimum atomic E-state index is 0.371. The summed E-state index contributed by atoms with van der Waals surface area (Å²) in [5.41, 5.74) is 1.58. The zero-order valence-corrected chi connectivity index (χ0v) is 15.6. The van der Waals surface area contributed by atoms with Crippen molar-refractivity contribution in [3.05, 3.63) is 49.2 Å². The van der Waals surface area contributed by atoms with E-state index in [-0.39, 0.29) is 0 Å². The summed E-state index contributed by atoms with van der Waals surface area (Å²) in [6.45, 7) is 3.69. The molecule has 0 aliphatic heterocycles. The first kappa shape index (κ1) is 18.1. The summed E-state index contributed by atoms with van der Waals surface area (Å²) in [4.78, 5) is 22.7. The van der Waals surface area contributed by atoms with Crippen LogP contribution in [0, 0.1) is 5.92 Å². The highest BCUT2D eigenvalue weighted by Gasteiger charge is 2.05. The first-order chi connectivity index (χ1) is 12.7. The monoisotopic (exact) mass is 367 g/mol. The van der Waals surface area contributed by atoms with Crippen molar-refractivity contribution in [3.63, 3.8) is 0 Å². The number of nitrogens with one attached hydrogen (secondary N) is 2. The van der Waals surface area contributed by atoms with Crippen molar-refractivity contribution in [2.45, 2.75) is 11.8 Å². The van der Waals surface area contributed by atoms with Crippen LogP contribution in [-0.2, 0) is 0 Å². The Morgan fingerprint density at radius 3 is 2.35 bits per heavy atom. The number of rotatable bonds is 8. The third-order valence-electron chi connectivity index (χ3n) is 3.68. The lowest BCUT2D eigenvalue weighted by Gasteiger charge is -2.14. The zero-order chi connectivity index (χ0) is 18.2. The summed E-state index contributed by atoms with van der Waals surface area (Å²) in [7, 11) is 0. The van der Waals surface area contributed by atoms with E-state index in [1.807, 2.05) is 36.8 Å². The fraction of sp³-hybridized carbons (Fsp3) is 0.278. The van der Waals surface area contributed by atoms with Gasteiger partial charge in [-0.15, -0.1) is 11.8 Å². The Morgan fingerprint density at radius 1 is 0.885 bits per heavy atom. The lowest BCUT2D eigenvalue weighted by molar-refractivity contribution is 0.644. The molecule has 3 aromatic heterocycles. The molecule has 2 N–H and O–H groups in total. The average molecular weight is 367 g/mol. The van der Waals surface area contributed by atoms with Crippen molar-refractivity contribution < 1.29 is 0 Å². The Labute approximate surface area is 157 Å². The Morgan fingerprint density at radius 2 is 1.69 bits per heavy atom. The molecule has 3 heterocycles. The highest BCUT2D eigenvalue weighted by atomic mass is 32.2. The number of hydrogen-bond donors (Lipinski definition) is 2. The van der Waals surface area contributed by atoms with Crippen LogP contribution in [0.25, 0.3) is 11.4 Å². The summed E-state index contributed by atoms with van der Waals surface area (Å²) < 4.78 is 0. The van der Waals surface area contributed by atoms with E-state index in [0.717, 1.165) is 35.2 Å².